The van der Waals surface area contributed by atoms with Crippen molar-refractivity contribution >= 4 is 5.91 Å². The molecule has 6 heteroatoms. The number of aliphatic hydroxyl groups is 1. The van der Waals surface area contributed by atoms with E-state index in [0.717, 1.165) is 0 Å². The summed E-state index contributed by atoms with van der Waals surface area (Å²) in [4.78, 5) is 31.3. The molecule has 0 aromatic carbocycles. The Bertz CT molecular complexity index is 585. The van der Waals surface area contributed by atoms with E-state index in [4.69, 9.17) is 0 Å². The van der Waals surface area contributed by atoms with Crippen molar-refractivity contribution in [1.29, 1.82) is 0 Å². The molecule has 0 fully saturated rings. The minimum atomic E-state index is -0.620. The Balaban J connectivity index is 2.89. The summed E-state index contributed by atoms with van der Waals surface area (Å²) in [6.45, 7) is 11.6. The number of rotatable bonds is 5. The SMILES string of the molecule is Cc1nc(C(C)(C)C)[nH]c(=O)c1C(=O)NCC(O)CC(C)C. The highest BCUT2D eigenvalue weighted by Gasteiger charge is 2.22. The standard InChI is InChI=1S/C16H27N3O3/c1-9(2)7-11(20)8-17-13(21)12-10(3)18-15(16(4,5)6)19-14(12)22/h9,11,20H,7-8H2,1-6H3,(H,17,21)(H,18,19,22). The van der Waals surface area contributed by atoms with Crippen molar-refractivity contribution in [3.63, 3.8) is 0 Å². The zero-order chi connectivity index (χ0) is 17.1. The second-order valence-electron chi connectivity index (χ2n) is 7.12. The lowest BCUT2D eigenvalue weighted by atomic mass is 9.95. The van der Waals surface area contributed by atoms with Crippen LogP contribution in [0.25, 0.3) is 0 Å². The summed E-state index contributed by atoms with van der Waals surface area (Å²) in [5, 5.41) is 12.4. The van der Waals surface area contributed by atoms with Gasteiger partial charge in [0.05, 0.1) is 11.8 Å². The molecule has 1 aromatic heterocycles. The van der Waals surface area contributed by atoms with Gasteiger partial charge in [0, 0.05) is 12.0 Å². The molecule has 0 aliphatic carbocycles. The van der Waals surface area contributed by atoms with Crippen molar-refractivity contribution in [3.05, 3.63) is 27.4 Å². The molecule has 0 saturated heterocycles. The van der Waals surface area contributed by atoms with Crippen LogP contribution in [0, 0.1) is 12.8 Å². The van der Waals surface area contributed by atoms with E-state index >= 15 is 0 Å². The molecule has 1 atom stereocenters. The third kappa shape index (κ3) is 4.94. The molecule has 0 bridgehead atoms. The lowest BCUT2D eigenvalue weighted by Gasteiger charge is -2.18. The van der Waals surface area contributed by atoms with Gasteiger partial charge in [-0.15, -0.1) is 0 Å². The quantitative estimate of drug-likeness (QED) is 0.768. The Hall–Kier alpha value is -1.69. The highest BCUT2D eigenvalue weighted by atomic mass is 16.3. The van der Waals surface area contributed by atoms with Crippen LogP contribution >= 0.6 is 0 Å². The van der Waals surface area contributed by atoms with Crippen LogP contribution in [0.1, 0.15) is 62.9 Å². The molecule has 3 N–H and O–H groups in total. The highest BCUT2D eigenvalue weighted by Crippen LogP contribution is 2.17. The lowest BCUT2D eigenvalue weighted by Crippen LogP contribution is -2.37. The van der Waals surface area contributed by atoms with E-state index in [1.54, 1.807) is 6.92 Å². The largest absolute Gasteiger partial charge is 0.391 e. The Morgan fingerprint density at radius 3 is 2.41 bits per heavy atom. The van der Waals surface area contributed by atoms with E-state index in [1.807, 2.05) is 34.6 Å². The average molecular weight is 309 g/mol. The molecule has 1 unspecified atom stereocenters. The fourth-order valence-electron chi connectivity index (χ4n) is 2.13. The van der Waals surface area contributed by atoms with Gasteiger partial charge in [-0.25, -0.2) is 4.98 Å². The summed E-state index contributed by atoms with van der Waals surface area (Å²) in [5.74, 6) is 0.380. The number of amides is 1. The van der Waals surface area contributed by atoms with E-state index in [0.29, 0.717) is 23.9 Å². The van der Waals surface area contributed by atoms with Crippen LogP contribution < -0.4 is 10.9 Å². The van der Waals surface area contributed by atoms with E-state index in [-0.39, 0.29) is 17.5 Å². The van der Waals surface area contributed by atoms with Crippen molar-refractivity contribution in [3.8, 4) is 0 Å². The van der Waals surface area contributed by atoms with Gasteiger partial charge in [-0.1, -0.05) is 34.6 Å². The minimum absolute atomic E-state index is 0.00440. The van der Waals surface area contributed by atoms with E-state index in [2.05, 4.69) is 15.3 Å². The number of carbonyl (C=O) groups is 1. The number of aryl methyl sites for hydroxylation is 1. The van der Waals surface area contributed by atoms with Crippen LogP contribution in [0.3, 0.4) is 0 Å². The minimum Gasteiger partial charge on any atom is -0.391 e. The van der Waals surface area contributed by atoms with Crippen molar-refractivity contribution in [2.75, 3.05) is 6.54 Å². The number of aromatic amines is 1. The second-order valence-corrected chi connectivity index (χ2v) is 7.12. The van der Waals surface area contributed by atoms with Gasteiger partial charge in [-0.2, -0.15) is 0 Å². The van der Waals surface area contributed by atoms with Gasteiger partial charge in [-0.3, -0.25) is 9.59 Å². The summed E-state index contributed by atoms with van der Waals surface area (Å²) >= 11 is 0. The molecular weight excluding hydrogens is 282 g/mol. The van der Waals surface area contributed by atoms with Gasteiger partial charge in [-0.05, 0) is 19.3 Å². The fraction of sp³-hybridized carbons (Fsp3) is 0.688. The average Bonchev–Trinajstić information content (AvgIpc) is 2.33. The molecule has 0 aliphatic heterocycles. The molecule has 6 nitrogen and oxygen atoms in total. The summed E-state index contributed by atoms with van der Waals surface area (Å²) in [6, 6.07) is 0. The highest BCUT2D eigenvalue weighted by molar-refractivity contribution is 5.94. The molecule has 124 valence electrons. The predicted octanol–water partition coefficient (Wildman–Crippen LogP) is 1.51. The van der Waals surface area contributed by atoms with Gasteiger partial charge in [0.15, 0.2) is 0 Å². The Labute approximate surface area is 131 Å². The van der Waals surface area contributed by atoms with Crippen LogP contribution in [-0.2, 0) is 5.41 Å². The monoisotopic (exact) mass is 309 g/mol. The number of nitrogens with zero attached hydrogens (tertiary/aromatic N) is 1. The molecule has 0 radical (unpaired) electrons. The molecule has 0 aliphatic rings. The Morgan fingerprint density at radius 2 is 1.95 bits per heavy atom. The molecule has 0 saturated carbocycles. The van der Waals surface area contributed by atoms with Gasteiger partial charge < -0.3 is 15.4 Å². The number of hydrogen-bond acceptors (Lipinski definition) is 4. The first kappa shape index (κ1) is 18.4. The number of carbonyl (C=O) groups excluding carboxylic acids is 1. The van der Waals surface area contributed by atoms with Gasteiger partial charge >= 0.3 is 0 Å². The molecule has 22 heavy (non-hydrogen) atoms. The molecule has 1 heterocycles. The van der Waals surface area contributed by atoms with E-state index in [9.17, 15) is 14.7 Å². The van der Waals surface area contributed by atoms with E-state index < -0.39 is 17.6 Å². The van der Waals surface area contributed by atoms with Crippen molar-refractivity contribution in [1.82, 2.24) is 15.3 Å². The summed E-state index contributed by atoms with van der Waals surface area (Å²) < 4.78 is 0. The first-order chi connectivity index (χ1) is 10.0. The topological polar surface area (TPSA) is 95.1 Å². The Morgan fingerprint density at radius 1 is 1.36 bits per heavy atom. The second kappa shape index (κ2) is 7.05. The van der Waals surface area contributed by atoms with Crippen molar-refractivity contribution in [2.24, 2.45) is 5.92 Å². The summed E-state index contributed by atoms with van der Waals surface area (Å²) in [5.41, 5.74) is -0.352. The Kier molecular flexibility index (Phi) is 5.88. The molecule has 1 aromatic rings. The summed E-state index contributed by atoms with van der Waals surface area (Å²) in [7, 11) is 0. The van der Waals surface area contributed by atoms with Crippen LogP contribution in [0.15, 0.2) is 4.79 Å². The molecular formula is C16H27N3O3. The maximum atomic E-state index is 12.2. The first-order valence-corrected chi connectivity index (χ1v) is 7.60. The maximum Gasteiger partial charge on any atom is 0.264 e. The number of aliphatic hydroxyl groups excluding tert-OH is 1. The number of hydrogen-bond donors (Lipinski definition) is 3. The van der Waals surface area contributed by atoms with Gasteiger partial charge in [0.2, 0.25) is 0 Å². The fourth-order valence-corrected chi connectivity index (χ4v) is 2.13. The number of H-pyrrole nitrogens is 1. The van der Waals surface area contributed by atoms with Crippen LogP contribution in [0.4, 0.5) is 0 Å². The van der Waals surface area contributed by atoms with Gasteiger partial charge in [0.25, 0.3) is 11.5 Å². The molecule has 1 rings (SSSR count). The number of nitrogens with one attached hydrogen (secondary N) is 2. The van der Waals surface area contributed by atoms with Crippen LogP contribution in [-0.4, -0.2) is 33.6 Å². The third-order valence-electron chi connectivity index (χ3n) is 3.28. The normalized spacial score (nSPS) is 13.3. The van der Waals surface area contributed by atoms with Crippen molar-refractivity contribution in [2.45, 2.75) is 59.5 Å². The summed E-state index contributed by atoms with van der Waals surface area (Å²) in [6.07, 6.45) is -0.0262. The maximum absolute atomic E-state index is 12.2. The van der Waals surface area contributed by atoms with Crippen molar-refractivity contribution < 1.29 is 9.90 Å². The smallest absolute Gasteiger partial charge is 0.264 e. The van der Waals surface area contributed by atoms with Crippen LogP contribution in [0.5, 0.6) is 0 Å². The zero-order valence-electron chi connectivity index (χ0n) is 14.3. The predicted molar refractivity (Wildman–Crippen MR) is 86.1 cm³/mol. The zero-order valence-corrected chi connectivity index (χ0v) is 14.3. The molecule has 0 spiro atoms. The lowest BCUT2D eigenvalue weighted by molar-refractivity contribution is 0.0897. The first-order valence-electron chi connectivity index (χ1n) is 7.60. The van der Waals surface area contributed by atoms with E-state index in [1.165, 1.54) is 0 Å². The van der Waals surface area contributed by atoms with Crippen LogP contribution in [0.2, 0.25) is 0 Å². The van der Waals surface area contributed by atoms with Gasteiger partial charge in [0.1, 0.15) is 11.4 Å². The third-order valence-corrected chi connectivity index (χ3v) is 3.28. The number of aromatic nitrogens is 2. The molecule has 1 amide bonds.